The predicted molar refractivity (Wildman–Crippen MR) is 125 cm³/mol. The number of nitrogens with zero attached hydrogens (tertiary/aromatic N) is 2. The monoisotopic (exact) mass is 534 g/mol. The van der Waals surface area contributed by atoms with Gasteiger partial charge < -0.3 is 15.5 Å². The zero-order chi connectivity index (χ0) is 19.9. The maximum absolute atomic E-state index is 14.0. The molecule has 2 aromatic rings. The smallest absolute Gasteiger partial charge is 0.191 e. The third kappa shape index (κ3) is 6.63. The number of aliphatic imine (C=N–C) groups is 1. The second kappa shape index (κ2) is 11.4. The summed E-state index contributed by atoms with van der Waals surface area (Å²) in [6.07, 6.45) is 0.813. The van der Waals surface area contributed by atoms with E-state index in [1.54, 1.807) is 7.05 Å². The third-order valence-electron chi connectivity index (χ3n) is 4.59. The van der Waals surface area contributed by atoms with Crippen molar-refractivity contribution in [3.63, 3.8) is 0 Å². The van der Waals surface area contributed by atoms with Crippen molar-refractivity contribution in [3.05, 3.63) is 60.2 Å². The highest BCUT2D eigenvalue weighted by Gasteiger charge is 2.25. The lowest BCUT2D eigenvalue weighted by Gasteiger charge is -2.21. The van der Waals surface area contributed by atoms with Crippen molar-refractivity contribution in [2.45, 2.75) is 17.4 Å². The van der Waals surface area contributed by atoms with Crippen LogP contribution in [0.15, 0.2) is 58.4 Å². The molecule has 158 valence electrons. The van der Waals surface area contributed by atoms with Gasteiger partial charge >= 0.3 is 0 Å². The van der Waals surface area contributed by atoms with Gasteiger partial charge in [0.1, 0.15) is 11.6 Å². The standard InChI is InChI=1S/C20H24F2N4OS.HI/c1-23-20(24-10-12-28(27)17-5-3-2-4-6-17)25-16-9-11-26(14-16)19-8-7-15(21)13-18(19)22;/h2-8,13,16H,9-12,14H2,1H3,(H2,23,24,25);1H. The molecule has 2 unspecified atom stereocenters. The minimum absolute atomic E-state index is 0. The highest BCUT2D eigenvalue weighted by Crippen LogP contribution is 2.24. The summed E-state index contributed by atoms with van der Waals surface area (Å²) in [6.45, 7) is 1.79. The first-order chi connectivity index (χ1) is 13.6. The molecule has 0 aliphatic carbocycles. The molecule has 2 N–H and O–H groups in total. The van der Waals surface area contributed by atoms with E-state index in [0.717, 1.165) is 17.4 Å². The van der Waals surface area contributed by atoms with Crippen molar-refractivity contribution in [2.24, 2.45) is 4.99 Å². The predicted octanol–water partition coefficient (Wildman–Crippen LogP) is 3.13. The number of benzene rings is 2. The Morgan fingerprint density at radius 3 is 2.69 bits per heavy atom. The number of nitrogens with one attached hydrogen (secondary N) is 2. The van der Waals surface area contributed by atoms with Gasteiger partial charge in [-0.3, -0.25) is 9.20 Å². The van der Waals surface area contributed by atoms with Gasteiger partial charge in [-0.25, -0.2) is 8.78 Å². The summed E-state index contributed by atoms with van der Waals surface area (Å²) in [4.78, 5) is 6.90. The van der Waals surface area contributed by atoms with Crippen molar-refractivity contribution >= 4 is 46.4 Å². The second-order valence-electron chi connectivity index (χ2n) is 6.53. The Hall–Kier alpha value is -1.75. The Labute approximate surface area is 189 Å². The van der Waals surface area contributed by atoms with Crippen LogP contribution in [0.5, 0.6) is 0 Å². The highest BCUT2D eigenvalue weighted by atomic mass is 127. The molecule has 2 aromatic carbocycles. The zero-order valence-corrected chi connectivity index (χ0v) is 19.3. The average Bonchev–Trinajstić information content (AvgIpc) is 3.16. The van der Waals surface area contributed by atoms with E-state index in [4.69, 9.17) is 0 Å². The molecule has 9 heteroatoms. The SMILES string of the molecule is CN=C(NCCS(=O)c1ccccc1)NC1CCN(c2ccc(F)cc2F)C1.I. The lowest BCUT2D eigenvalue weighted by molar-refractivity contribution is 0.580. The van der Waals surface area contributed by atoms with Crippen molar-refractivity contribution in [1.82, 2.24) is 10.6 Å². The zero-order valence-electron chi connectivity index (χ0n) is 16.1. The second-order valence-corrected chi connectivity index (χ2v) is 8.10. The largest absolute Gasteiger partial charge is 0.367 e. The molecule has 5 nitrogen and oxygen atoms in total. The summed E-state index contributed by atoms with van der Waals surface area (Å²) < 4.78 is 39.3. The molecule has 0 aromatic heterocycles. The van der Waals surface area contributed by atoms with E-state index in [0.29, 0.717) is 37.0 Å². The van der Waals surface area contributed by atoms with Gasteiger partial charge in [0.05, 0.1) is 16.5 Å². The fourth-order valence-corrected chi connectivity index (χ4v) is 4.16. The van der Waals surface area contributed by atoms with Crippen LogP contribution in [-0.2, 0) is 10.8 Å². The van der Waals surface area contributed by atoms with Crippen LogP contribution in [0, 0.1) is 11.6 Å². The van der Waals surface area contributed by atoms with Gasteiger partial charge in [0, 0.05) is 49.4 Å². The summed E-state index contributed by atoms with van der Waals surface area (Å²) in [6, 6.07) is 13.1. The van der Waals surface area contributed by atoms with E-state index in [9.17, 15) is 13.0 Å². The number of rotatable bonds is 6. The fraction of sp³-hybridized carbons (Fsp3) is 0.350. The van der Waals surface area contributed by atoms with Crippen molar-refractivity contribution in [3.8, 4) is 0 Å². The molecular formula is C20H25F2IN4OS. The van der Waals surface area contributed by atoms with Gasteiger partial charge in [-0.15, -0.1) is 24.0 Å². The van der Waals surface area contributed by atoms with Crippen molar-refractivity contribution in [1.29, 1.82) is 0 Å². The van der Waals surface area contributed by atoms with Gasteiger partial charge in [0.25, 0.3) is 0 Å². The topological polar surface area (TPSA) is 56.7 Å². The van der Waals surface area contributed by atoms with E-state index in [1.165, 1.54) is 12.1 Å². The Balaban J connectivity index is 0.00000300. The Bertz CT molecular complexity index is 854. The maximum atomic E-state index is 14.0. The van der Waals surface area contributed by atoms with Crippen LogP contribution in [0.4, 0.5) is 14.5 Å². The maximum Gasteiger partial charge on any atom is 0.191 e. The molecule has 1 saturated heterocycles. The van der Waals surface area contributed by atoms with E-state index in [-0.39, 0.29) is 30.0 Å². The lowest BCUT2D eigenvalue weighted by atomic mass is 10.2. The minimum atomic E-state index is -1.07. The van der Waals surface area contributed by atoms with Crippen LogP contribution in [0.2, 0.25) is 0 Å². The molecule has 3 rings (SSSR count). The molecule has 2 atom stereocenters. The molecule has 1 aliphatic rings. The summed E-state index contributed by atoms with van der Waals surface area (Å²) in [5.41, 5.74) is 0.409. The third-order valence-corrected chi connectivity index (χ3v) is 5.96. The molecular weight excluding hydrogens is 509 g/mol. The number of halogens is 3. The first-order valence-electron chi connectivity index (χ1n) is 9.17. The quantitative estimate of drug-likeness (QED) is 0.340. The summed E-state index contributed by atoms with van der Waals surface area (Å²) >= 11 is 0. The number of guanidine groups is 1. The van der Waals surface area contributed by atoms with E-state index < -0.39 is 22.4 Å². The van der Waals surface area contributed by atoms with E-state index in [1.807, 2.05) is 35.2 Å². The lowest BCUT2D eigenvalue weighted by Crippen LogP contribution is -2.45. The van der Waals surface area contributed by atoms with Crippen LogP contribution in [-0.4, -0.2) is 48.6 Å². The first kappa shape index (κ1) is 23.5. The summed E-state index contributed by atoms with van der Waals surface area (Å²) in [5.74, 6) is -0.0295. The molecule has 1 aliphatic heterocycles. The van der Waals surface area contributed by atoms with Crippen LogP contribution in [0.3, 0.4) is 0 Å². The van der Waals surface area contributed by atoms with Gasteiger partial charge in [-0.2, -0.15) is 0 Å². The minimum Gasteiger partial charge on any atom is -0.367 e. The van der Waals surface area contributed by atoms with Crippen LogP contribution in [0.25, 0.3) is 0 Å². The first-order valence-corrected chi connectivity index (χ1v) is 10.5. The van der Waals surface area contributed by atoms with Gasteiger partial charge in [-0.1, -0.05) is 18.2 Å². The van der Waals surface area contributed by atoms with E-state index in [2.05, 4.69) is 15.6 Å². The molecule has 0 amide bonds. The number of hydrogen-bond donors (Lipinski definition) is 2. The molecule has 0 saturated carbocycles. The van der Waals surface area contributed by atoms with Crippen LogP contribution >= 0.6 is 24.0 Å². The Kier molecular flexibility index (Phi) is 9.28. The highest BCUT2D eigenvalue weighted by molar-refractivity contribution is 14.0. The van der Waals surface area contributed by atoms with Crippen molar-refractivity contribution in [2.75, 3.05) is 37.3 Å². The fourth-order valence-electron chi connectivity index (χ4n) is 3.17. The number of anilines is 1. The normalized spacial score (nSPS) is 17.6. The van der Waals surface area contributed by atoms with E-state index >= 15 is 0 Å². The average molecular weight is 534 g/mol. The Morgan fingerprint density at radius 1 is 1.24 bits per heavy atom. The number of hydrogen-bond acceptors (Lipinski definition) is 3. The van der Waals surface area contributed by atoms with Gasteiger partial charge in [0.2, 0.25) is 0 Å². The molecule has 0 radical (unpaired) electrons. The molecule has 0 bridgehead atoms. The molecule has 29 heavy (non-hydrogen) atoms. The summed E-state index contributed by atoms with van der Waals surface area (Å²) in [7, 11) is 0.610. The van der Waals surface area contributed by atoms with Crippen LogP contribution < -0.4 is 15.5 Å². The van der Waals surface area contributed by atoms with Gasteiger partial charge in [-0.05, 0) is 30.7 Å². The van der Waals surface area contributed by atoms with Gasteiger partial charge in [0.15, 0.2) is 5.96 Å². The van der Waals surface area contributed by atoms with Crippen LogP contribution in [0.1, 0.15) is 6.42 Å². The molecule has 1 fully saturated rings. The van der Waals surface area contributed by atoms with Crippen molar-refractivity contribution < 1.29 is 13.0 Å². The summed E-state index contributed by atoms with van der Waals surface area (Å²) in [5, 5.41) is 6.49. The Morgan fingerprint density at radius 2 is 2.00 bits per heavy atom. The molecule has 0 spiro atoms. The molecule has 1 heterocycles.